The molecule has 0 saturated carbocycles. The van der Waals surface area contributed by atoms with Crippen LogP contribution in [0.5, 0.6) is 0 Å². The number of benzene rings is 2. The number of aromatic nitrogens is 2. The van der Waals surface area contributed by atoms with E-state index in [9.17, 15) is 24.8 Å². The fourth-order valence-electron chi connectivity index (χ4n) is 3.92. The molecule has 1 unspecified atom stereocenters. The Hall–Kier alpha value is -3.79. The van der Waals surface area contributed by atoms with Crippen molar-refractivity contribution in [3.63, 3.8) is 0 Å². The number of aliphatic hydroxyl groups excluding tert-OH is 1. The third-order valence-corrected chi connectivity index (χ3v) is 5.98. The molecular formula is C23H19BrN4O5. The number of aryl methyl sites for hydroxylation is 1. The van der Waals surface area contributed by atoms with Gasteiger partial charge in [-0.3, -0.25) is 19.7 Å². The summed E-state index contributed by atoms with van der Waals surface area (Å²) in [6.07, 6.45) is 5.66. The smallest absolute Gasteiger partial charge is 0.295 e. The van der Waals surface area contributed by atoms with Crippen LogP contribution in [0.15, 0.2) is 77.3 Å². The van der Waals surface area contributed by atoms with Crippen molar-refractivity contribution in [2.75, 3.05) is 6.54 Å². The lowest BCUT2D eigenvalue weighted by Crippen LogP contribution is -2.31. The Bertz CT molecular complexity index is 1240. The van der Waals surface area contributed by atoms with Crippen LogP contribution in [0.4, 0.5) is 5.69 Å². The van der Waals surface area contributed by atoms with Crippen molar-refractivity contribution < 1.29 is 19.6 Å². The van der Waals surface area contributed by atoms with Crippen LogP contribution in [0, 0.1) is 10.1 Å². The van der Waals surface area contributed by atoms with Crippen LogP contribution in [-0.4, -0.2) is 42.7 Å². The minimum Gasteiger partial charge on any atom is -0.507 e. The Morgan fingerprint density at radius 3 is 2.52 bits per heavy atom. The van der Waals surface area contributed by atoms with E-state index < -0.39 is 28.4 Å². The average Bonchev–Trinajstić information content (AvgIpc) is 3.41. The van der Waals surface area contributed by atoms with E-state index in [-0.39, 0.29) is 23.4 Å². The van der Waals surface area contributed by atoms with Crippen molar-refractivity contribution in [2.45, 2.75) is 19.0 Å². The number of nitro benzene ring substituents is 1. The third-order valence-electron chi connectivity index (χ3n) is 5.46. The molecule has 2 heterocycles. The number of carbonyl (C=O) groups excluding carboxylic acids is 2. The number of carbonyl (C=O) groups is 2. The highest BCUT2D eigenvalue weighted by molar-refractivity contribution is 9.10. The van der Waals surface area contributed by atoms with Gasteiger partial charge in [0.25, 0.3) is 17.4 Å². The number of para-hydroxylation sites is 1. The van der Waals surface area contributed by atoms with E-state index in [4.69, 9.17) is 0 Å². The van der Waals surface area contributed by atoms with E-state index in [1.807, 2.05) is 4.57 Å². The predicted molar refractivity (Wildman–Crippen MR) is 123 cm³/mol. The minimum atomic E-state index is -0.874. The van der Waals surface area contributed by atoms with Crippen molar-refractivity contribution in [1.29, 1.82) is 0 Å². The molecule has 1 atom stereocenters. The zero-order valence-electron chi connectivity index (χ0n) is 17.3. The van der Waals surface area contributed by atoms with Gasteiger partial charge in [0.15, 0.2) is 0 Å². The Morgan fingerprint density at radius 2 is 1.85 bits per heavy atom. The summed E-state index contributed by atoms with van der Waals surface area (Å²) in [5.74, 6) is -2.19. The molecule has 2 aromatic carbocycles. The number of ketones is 1. The summed E-state index contributed by atoms with van der Waals surface area (Å²) in [5, 5.41) is 22.6. The summed E-state index contributed by atoms with van der Waals surface area (Å²) in [4.78, 5) is 42.3. The number of amides is 1. The molecule has 1 amide bonds. The first-order chi connectivity index (χ1) is 15.9. The number of halogens is 1. The number of Topliss-reactive ketones (excluding diaryl/α,β-unsaturated/α-hetero) is 1. The highest BCUT2D eigenvalue weighted by Crippen LogP contribution is 2.41. The van der Waals surface area contributed by atoms with Crippen LogP contribution in [-0.2, 0) is 16.1 Å². The first-order valence-electron chi connectivity index (χ1n) is 10.1. The highest BCUT2D eigenvalue weighted by atomic mass is 79.9. The number of likely N-dealkylation sites (tertiary alicyclic amines) is 1. The van der Waals surface area contributed by atoms with E-state index in [0.29, 0.717) is 18.5 Å². The summed E-state index contributed by atoms with van der Waals surface area (Å²) in [5.41, 5.74) is -0.0173. The van der Waals surface area contributed by atoms with Crippen LogP contribution < -0.4 is 0 Å². The number of aliphatic hydroxyl groups is 1. The van der Waals surface area contributed by atoms with E-state index in [1.54, 1.807) is 43.0 Å². The largest absolute Gasteiger partial charge is 0.507 e. The van der Waals surface area contributed by atoms with Gasteiger partial charge in [-0.25, -0.2) is 4.98 Å². The predicted octanol–water partition coefficient (Wildman–Crippen LogP) is 4.07. The summed E-state index contributed by atoms with van der Waals surface area (Å²) in [6, 6.07) is 11.8. The van der Waals surface area contributed by atoms with E-state index in [0.717, 1.165) is 4.47 Å². The molecule has 4 rings (SSSR count). The quantitative estimate of drug-likeness (QED) is 0.168. The molecule has 10 heteroatoms. The van der Waals surface area contributed by atoms with Crippen LogP contribution in [0.3, 0.4) is 0 Å². The maximum atomic E-state index is 13.1. The fraction of sp³-hybridized carbons (Fsp3) is 0.174. The second-order valence-electron chi connectivity index (χ2n) is 7.47. The Balaban J connectivity index is 1.78. The minimum absolute atomic E-state index is 0.110. The van der Waals surface area contributed by atoms with Gasteiger partial charge in [0.1, 0.15) is 5.76 Å². The van der Waals surface area contributed by atoms with Gasteiger partial charge in [-0.05, 0) is 30.2 Å². The zero-order chi connectivity index (χ0) is 23.5. The van der Waals surface area contributed by atoms with Gasteiger partial charge in [0.2, 0.25) is 0 Å². The standard InChI is InChI=1S/C23H19BrN4O5/c24-16-8-6-15(7-9-16)20-19(21(29)17-4-1-2-5-18(17)28(32)33)22(30)23(31)27(20)12-3-11-26-13-10-25-14-26/h1-2,4-10,13-14,20,29H,3,11-12H2. The zero-order valence-corrected chi connectivity index (χ0v) is 18.9. The molecule has 0 aliphatic carbocycles. The van der Waals surface area contributed by atoms with Gasteiger partial charge < -0.3 is 14.6 Å². The van der Waals surface area contributed by atoms with Crippen molar-refractivity contribution in [2.24, 2.45) is 0 Å². The lowest BCUT2D eigenvalue weighted by molar-refractivity contribution is -0.385. The summed E-state index contributed by atoms with van der Waals surface area (Å²) < 4.78 is 2.67. The molecule has 0 spiro atoms. The molecule has 1 aromatic heterocycles. The number of imidazole rings is 1. The van der Waals surface area contributed by atoms with Gasteiger partial charge in [-0.15, -0.1) is 0 Å². The number of hydrogen-bond donors (Lipinski definition) is 1. The number of hydrogen-bond acceptors (Lipinski definition) is 6. The number of rotatable bonds is 7. The van der Waals surface area contributed by atoms with Crippen molar-refractivity contribution in [3.8, 4) is 0 Å². The first kappa shape index (κ1) is 22.4. The molecule has 168 valence electrons. The van der Waals surface area contributed by atoms with Gasteiger partial charge in [0.05, 0.1) is 28.4 Å². The molecule has 1 fully saturated rings. The fourth-order valence-corrected chi connectivity index (χ4v) is 4.19. The number of nitrogens with zero attached hydrogens (tertiary/aromatic N) is 4. The normalized spacial score (nSPS) is 17.5. The van der Waals surface area contributed by atoms with E-state index >= 15 is 0 Å². The Morgan fingerprint density at radius 1 is 1.12 bits per heavy atom. The molecule has 0 bridgehead atoms. The maximum Gasteiger partial charge on any atom is 0.295 e. The third kappa shape index (κ3) is 4.42. The van der Waals surface area contributed by atoms with Gasteiger partial charge in [-0.1, -0.05) is 40.2 Å². The summed E-state index contributed by atoms with van der Waals surface area (Å²) in [6.45, 7) is 0.831. The number of nitro groups is 1. The molecule has 3 aromatic rings. The van der Waals surface area contributed by atoms with Crippen molar-refractivity contribution >= 4 is 39.1 Å². The highest BCUT2D eigenvalue weighted by Gasteiger charge is 2.46. The molecule has 1 aliphatic rings. The van der Waals surface area contributed by atoms with Crippen molar-refractivity contribution in [3.05, 3.63) is 98.5 Å². The van der Waals surface area contributed by atoms with Crippen molar-refractivity contribution in [1.82, 2.24) is 14.5 Å². The molecule has 1 saturated heterocycles. The summed E-state index contributed by atoms with van der Waals surface area (Å²) in [7, 11) is 0. The summed E-state index contributed by atoms with van der Waals surface area (Å²) >= 11 is 3.37. The molecule has 0 radical (unpaired) electrons. The van der Waals surface area contributed by atoms with Crippen LogP contribution in [0.2, 0.25) is 0 Å². The average molecular weight is 511 g/mol. The van der Waals surface area contributed by atoms with E-state index in [1.165, 1.54) is 29.2 Å². The van der Waals surface area contributed by atoms with Gasteiger partial charge in [0, 0.05) is 36.0 Å². The molecule has 1 N–H and O–H groups in total. The van der Waals surface area contributed by atoms with Crippen LogP contribution in [0.25, 0.3) is 5.76 Å². The second kappa shape index (κ2) is 9.37. The molecule has 9 nitrogen and oxygen atoms in total. The first-order valence-corrected chi connectivity index (χ1v) is 10.9. The Labute approximate surface area is 197 Å². The maximum absolute atomic E-state index is 13.1. The molecule has 33 heavy (non-hydrogen) atoms. The monoisotopic (exact) mass is 510 g/mol. The topological polar surface area (TPSA) is 119 Å². The molecule has 1 aliphatic heterocycles. The van der Waals surface area contributed by atoms with Gasteiger partial charge >= 0.3 is 0 Å². The van der Waals surface area contributed by atoms with E-state index in [2.05, 4.69) is 20.9 Å². The lowest BCUT2D eigenvalue weighted by Gasteiger charge is -2.25. The lowest BCUT2D eigenvalue weighted by atomic mass is 9.95. The molecular weight excluding hydrogens is 492 g/mol. The second-order valence-corrected chi connectivity index (χ2v) is 8.39. The SMILES string of the molecule is O=C1C(=O)N(CCCn2ccnc2)C(c2ccc(Br)cc2)C1=C(O)c1ccccc1[N+](=O)[O-]. The van der Waals surface area contributed by atoms with Crippen LogP contribution >= 0.6 is 15.9 Å². The Kier molecular flexibility index (Phi) is 6.36. The van der Waals surface area contributed by atoms with Gasteiger partial charge in [-0.2, -0.15) is 0 Å². The van der Waals surface area contributed by atoms with Crippen LogP contribution in [0.1, 0.15) is 23.6 Å².